The predicted molar refractivity (Wildman–Crippen MR) is 81.5 cm³/mol. The molecule has 1 aromatic carbocycles. The lowest BCUT2D eigenvalue weighted by molar-refractivity contribution is 0.184. The fourth-order valence-electron chi connectivity index (χ4n) is 2.67. The quantitative estimate of drug-likeness (QED) is 0.902. The van der Waals surface area contributed by atoms with E-state index < -0.39 is 0 Å². The van der Waals surface area contributed by atoms with Crippen molar-refractivity contribution in [2.24, 2.45) is 11.1 Å². The second-order valence-electron chi connectivity index (χ2n) is 5.73. The van der Waals surface area contributed by atoms with E-state index in [0.29, 0.717) is 12.0 Å². The highest BCUT2D eigenvalue weighted by Crippen LogP contribution is 2.29. The minimum absolute atomic E-state index is 0. The van der Waals surface area contributed by atoms with E-state index in [9.17, 15) is 0 Å². The first-order valence-corrected chi connectivity index (χ1v) is 6.64. The van der Waals surface area contributed by atoms with Gasteiger partial charge in [0, 0.05) is 20.2 Å². The van der Waals surface area contributed by atoms with Crippen LogP contribution in [0.2, 0.25) is 0 Å². The van der Waals surface area contributed by atoms with Crippen molar-refractivity contribution in [3.8, 4) is 0 Å². The summed E-state index contributed by atoms with van der Waals surface area (Å²) < 4.78 is 5.17. The van der Waals surface area contributed by atoms with Gasteiger partial charge in [-0.1, -0.05) is 31.2 Å². The molecule has 0 aromatic heterocycles. The summed E-state index contributed by atoms with van der Waals surface area (Å²) in [4.78, 5) is 2.50. The molecule has 0 aliphatic carbocycles. The number of hydrogen-bond acceptors (Lipinski definition) is 3. The lowest BCUT2D eigenvalue weighted by atomic mass is 9.90. The Morgan fingerprint density at radius 2 is 2.11 bits per heavy atom. The van der Waals surface area contributed by atoms with Crippen LogP contribution in [0.3, 0.4) is 0 Å². The molecule has 1 fully saturated rings. The molecule has 0 bridgehead atoms. The Morgan fingerprint density at radius 3 is 2.74 bits per heavy atom. The Labute approximate surface area is 122 Å². The normalized spacial score (nSPS) is 23.3. The van der Waals surface area contributed by atoms with E-state index in [1.54, 1.807) is 7.11 Å². The molecule has 1 aliphatic heterocycles. The Balaban J connectivity index is 0.00000180. The van der Waals surface area contributed by atoms with Crippen LogP contribution in [0.4, 0.5) is 0 Å². The number of hydrogen-bond donors (Lipinski definition) is 1. The molecule has 1 saturated heterocycles. The van der Waals surface area contributed by atoms with Crippen LogP contribution in [0.1, 0.15) is 24.5 Å². The number of ether oxygens (including phenoxy) is 1. The Kier molecular flexibility index (Phi) is 6.27. The first-order chi connectivity index (χ1) is 8.65. The SMILES string of the molecule is COCc1cccc(CN2CCC(C)(CN)C2)c1.Cl. The highest BCUT2D eigenvalue weighted by atomic mass is 35.5. The third-order valence-electron chi connectivity index (χ3n) is 3.84. The van der Waals surface area contributed by atoms with Crippen molar-refractivity contribution in [1.29, 1.82) is 0 Å². The first-order valence-electron chi connectivity index (χ1n) is 6.64. The molecule has 0 spiro atoms. The van der Waals surface area contributed by atoms with Crippen LogP contribution >= 0.6 is 12.4 Å². The summed E-state index contributed by atoms with van der Waals surface area (Å²) >= 11 is 0. The fourth-order valence-corrected chi connectivity index (χ4v) is 2.67. The molecule has 0 amide bonds. The van der Waals surface area contributed by atoms with Gasteiger partial charge in [0.05, 0.1) is 6.61 Å². The summed E-state index contributed by atoms with van der Waals surface area (Å²) in [6.45, 7) is 7.04. The van der Waals surface area contributed by atoms with Gasteiger partial charge in [0.1, 0.15) is 0 Å². The van der Waals surface area contributed by atoms with Gasteiger partial charge in [0.15, 0.2) is 0 Å². The maximum atomic E-state index is 5.84. The molecule has 2 rings (SSSR count). The molecule has 4 heteroatoms. The highest BCUT2D eigenvalue weighted by Gasteiger charge is 2.32. The maximum absolute atomic E-state index is 5.84. The van der Waals surface area contributed by atoms with E-state index in [4.69, 9.17) is 10.5 Å². The standard InChI is InChI=1S/C15H24N2O.ClH/c1-15(11-16)6-7-17(12-15)9-13-4-3-5-14(8-13)10-18-2;/h3-5,8H,6-7,9-12,16H2,1-2H3;1H. The minimum atomic E-state index is 0. The van der Waals surface area contributed by atoms with E-state index in [-0.39, 0.29) is 12.4 Å². The molecule has 1 atom stereocenters. The van der Waals surface area contributed by atoms with Crippen LogP contribution in [0.5, 0.6) is 0 Å². The topological polar surface area (TPSA) is 38.5 Å². The molecule has 19 heavy (non-hydrogen) atoms. The summed E-state index contributed by atoms with van der Waals surface area (Å²) in [6, 6.07) is 8.65. The smallest absolute Gasteiger partial charge is 0.0713 e. The fraction of sp³-hybridized carbons (Fsp3) is 0.600. The van der Waals surface area contributed by atoms with Gasteiger partial charge in [-0.2, -0.15) is 0 Å². The van der Waals surface area contributed by atoms with Crippen molar-refractivity contribution >= 4 is 12.4 Å². The summed E-state index contributed by atoms with van der Waals surface area (Å²) in [5.41, 5.74) is 8.77. The lowest BCUT2D eigenvalue weighted by Crippen LogP contribution is -2.31. The Morgan fingerprint density at radius 1 is 1.37 bits per heavy atom. The second-order valence-corrected chi connectivity index (χ2v) is 5.73. The van der Waals surface area contributed by atoms with Crippen LogP contribution in [-0.4, -0.2) is 31.6 Å². The Bertz CT molecular complexity index is 399. The lowest BCUT2D eigenvalue weighted by Gasteiger charge is -2.22. The van der Waals surface area contributed by atoms with E-state index in [0.717, 1.165) is 26.2 Å². The number of likely N-dealkylation sites (tertiary alicyclic amines) is 1. The van der Waals surface area contributed by atoms with Gasteiger partial charge in [-0.15, -0.1) is 12.4 Å². The molecular formula is C15H25ClN2O. The number of methoxy groups -OCH3 is 1. The zero-order valence-electron chi connectivity index (χ0n) is 11.9. The summed E-state index contributed by atoms with van der Waals surface area (Å²) in [7, 11) is 1.74. The first kappa shape index (κ1) is 16.4. The van der Waals surface area contributed by atoms with Crippen LogP contribution < -0.4 is 5.73 Å². The number of rotatable bonds is 5. The van der Waals surface area contributed by atoms with Gasteiger partial charge in [-0.05, 0) is 36.1 Å². The molecule has 3 nitrogen and oxygen atoms in total. The number of nitrogens with zero attached hydrogens (tertiary/aromatic N) is 1. The zero-order chi connectivity index (χ0) is 13.0. The van der Waals surface area contributed by atoms with Crippen molar-refractivity contribution in [3.05, 3.63) is 35.4 Å². The van der Waals surface area contributed by atoms with Gasteiger partial charge >= 0.3 is 0 Å². The van der Waals surface area contributed by atoms with Gasteiger partial charge in [0.2, 0.25) is 0 Å². The Hall–Kier alpha value is -0.610. The zero-order valence-corrected chi connectivity index (χ0v) is 12.7. The molecule has 1 aliphatic rings. The molecule has 0 saturated carbocycles. The third-order valence-corrected chi connectivity index (χ3v) is 3.84. The van der Waals surface area contributed by atoms with Crippen molar-refractivity contribution < 1.29 is 4.74 Å². The molecule has 1 heterocycles. The average Bonchev–Trinajstić information content (AvgIpc) is 2.73. The van der Waals surface area contributed by atoms with Gasteiger partial charge < -0.3 is 10.5 Å². The minimum Gasteiger partial charge on any atom is -0.380 e. The van der Waals surface area contributed by atoms with E-state index in [1.807, 2.05) is 0 Å². The van der Waals surface area contributed by atoms with Gasteiger partial charge in [0.25, 0.3) is 0 Å². The summed E-state index contributed by atoms with van der Waals surface area (Å²) in [6.07, 6.45) is 1.21. The summed E-state index contributed by atoms with van der Waals surface area (Å²) in [5.74, 6) is 0. The molecule has 1 unspecified atom stereocenters. The number of halogens is 1. The van der Waals surface area contributed by atoms with Crippen molar-refractivity contribution in [2.45, 2.75) is 26.5 Å². The predicted octanol–water partition coefficient (Wildman–Crippen LogP) is 2.43. The van der Waals surface area contributed by atoms with Gasteiger partial charge in [-0.3, -0.25) is 4.90 Å². The molecule has 0 radical (unpaired) electrons. The number of nitrogens with two attached hydrogens (primary N) is 1. The van der Waals surface area contributed by atoms with Gasteiger partial charge in [-0.25, -0.2) is 0 Å². The van der Waals surface area contributed by atoms with Crippen LogP contribution in [-0.2, 0) is 17.9 Å². The molecule has 1 aromatic rings. The highest BCUT2D eigenvalue weighted by molar-refractivity contribution is 5.85. The average molecular weight is 285 g/mol. The largest absolute Gasteiger partial charge is 0.380 e. The van der Waals surface area contributed by atoms with Crippen LogP contribution in [0.25, 0.3) is 0 Å². The molecular weight excluding hydrogens is 260 g/mol. The van der Waals surface area contributed by atoms with Crippen molar-refractivity contribution in [1.82, 2.24) is 4.90 Å². The van der Waals surface area contributed by atoms with E-state index >= 15 is 0 Å². The number of benzene rings is 1. The van der Waals surface area contributed by atoms with Crippen molar-refractivity contribution in [3.63, 3.8) is 0 Å². The summed E-state index contributed by atoms with van der Waals surface area (Å²) in [5, 5.41) is 0. The van der Waals surface area contributed by atoms with Crippen LogP contribution in [0.15, 0.2) is 24.3 Å². The van der Waals surface area contributed by atoms with E-state index in [2.05, 4.69) is 36.1 Å². The van der Waals surface area contributed by atoms with E-state index in [1.165, 1.54) is 17.5 Å². The maximum Gasteiger partial charge on any atom is 0.0713 e. The van der Waals surface area contributed by atoms with Crippen LogP contribution in [0, 0.1) is 5.41 Å². The van der Waals surface area contributed by atoms with Crippen molar-refractivity contribution in [2.75, 3.05) is 26.7 Å². The monoisotopic (exact) mass is 284 g/mol. The molecule has 2 N–H and O–H groups in total. The molecule has 108 valence electrons. The third kappa shape index (κ3) is 4.46. The second kappa shape index (κ2) is 7.25.